The van der Waals surface area contributed by atoms with E-state index in [1.165, 1.54) is 31.4 Å². The number of rotatable bonds is 3. The molecule has 1 aliphatic carbocycles. The van der Waals surface area contributed by atoms with Crippen LogP contribution in [0.1, 0.15) is 32.1 Å². The van der Waals surface area contributed by atoms with Gasteiger partial charge in [-0.3, -0.25) is 14.9 Å². The number of nitro benzene ring substituents is 1. The van der Waals surface area contributed by atoms with E-state index in [0.29, 0.717) is 30.9 Å². The summed E-state index contributed by atoms with van der Waals surface area (Å²) in [6, 6.07) is 6.93. The number of piperazine rings is 1. The fraction of sp³-hybridized carbons (Fsp3) is 0.556. The molecule has 2 saturated heterocycles. The molecule has 8 nitrogen and oxygen atoms in total. The first-order chi connectivity index (χ1) is 12.6. The van der Waals surface area contributed by atoms with E-state index < -0.39 is 4.92 Å². The van der Waals surface area contributed by atoms with Gasteiger partial charge in [-0.25, -0.2) is 0 Å². The van der Waals surface area contributed by atoms with Gasteiger partial charge in [0, 0.05) is 24.7 Å². The van der Waals surface area contributed by atoms with Gasteiger partial charge in [0.25, 0.3) is 11.7 Å². The van der Waals surface area contributed by atoms with Gasteiger partial charge in [0.05, 0.1) is 16.7 Å². The lowest BCUT2D eigenvalue weighted by Crippen LogP contribution is -2.58. The number of ether oxygens (including phenoxy) is 1. The normalized spacial score (nSPS) is 25.3. The Bertz CT molecular complexity index is 727. The number of non-ortho nitro benzene ring substituents is 1. The minimum atomic E-state index is -0.442. The molecule has 1 amide bonds. The first-order valence-electron chi connectivity index (χ1n) is 9.14. The fourth-order valence-electron chi connectivity index (χ4n) is 4.01. The number of aliphatic imine (C=N–C) groups is 1. The maximum atomic E-state index is 12.7. The minimum absolute atomic E-state index is 0.0236. The highest BCUT2D eigenvalue weighted by molar-refractivity contribution is 5.88. The molecule has 0 aromatic heterocycles. The smallest absolute Gasteiger partial charge is 0.293 e. The molecule has 2 aliphatic heterocycles. The number of benzene rings is 1. The molecule has 1 saturated carbocycles. The Morgan fingerprint density at radius 3 is 2.50 bits per heavy atom. The van der Waals surface area contributed by atoms with Crippen LogP contribution in [0.15, 0.2) is 29.3 Å². The molecule has 1 aromatic rings. The third-order valence-electron chi connectivity index (χ3n) is 5.43. The number of amidine groups is 1. The topological polar surface area (TPSA) is 88.3 Å². The van der Waals surface area contributed by atoms with Gasteiger partial charge in [-0.1, -0.05) is 19.3 Å². The molecule has 0 N–H and O–H groups in total. The SMILES string of the molecule is O=C1CN2C(=Nc3ccc([N+](=O)[O-])cc3)OCC2CN1C1CCCCC1. The van der Waals surface area contributed by atoms with Crippen LogP contribution in [0.2, 0.25) is 0 Å². The highest BCUT2D eigenvalue weighted by Crippen LogP contribution is 2.28. The summed E-state index contributed by atoms with van der Waals surface area (Å²) >= 11 is 0. The summed E-state index contributed by atoms with van der Waals surface area (Å²) in [5.41, 5.74) is 0.601. The summed E-state index contributed by atoms with van der Waals surface area (Å²) in [7, 11) is 0. The van der Waals surface area contributed by atoms with Gasteiger partial charge >= 0.3 is 0 Å². The molecule has 2 heterocycles. The molecule has 26 heavy (non-hydrogen) atoms. The summed E-state index contributed by atoms with van der Waals surface area (Å²) in [6.07, 6.45) is 5.87. The Kier molecular flexibility index (Phi) is 4.48. The van der Waals surface area contributed by atoms with E-state index >= 15 is 0 Å². The Balaban J connectivity index is 1.47. The summed E-state index contributed by atoms with van der Waals surface area (Å²) in [5, 5.41) is 10.7. The highest BCUT2D eigenvalue weighted by Gasteiger charge is 2.42. The van der Waals surface area contributed by atoms with E-state index in [1.807, 2.05) is 9.80 Å². The molecule has 0 bridgehead atoms. The van der Waals surface area contributed by atoms with Crippen molar-refractivity contribution in [3.8, 4) is 0 Å². The summed E-state index contributed by atoms with van der Waals surface area (Å²) < 4.78 is 5.73. The van der Waals surface area contributed by atoms with Gasteiger partial charge in [0.1, 0.15) is 13.2 Å². The number of fused-ring (bicyclic) bond motifs is 1. The van der Waals surface area contributed by atoms with Crippen LogP contribution in [0.5, 0.6) is 0 Å². The average molecular weight is 358 g/mol. The summed E-state index contributed by atoms with van der Waals surface area (Å²) in [4.78, 5) is 31.3. The van der Waals surface area contributed by atoms with E-state index in [9.17, 15) is 14.9 Å². The molecule has 8 heteroatoms. The van der Waals surface area contributed by atoms with Crippen molar-refractivity contribution in [3.05, 3.63) is 34.4 Å². The summed E-state index contributed by atoms with van der Waals surface area (Å²) in [5.74, 6) is 0.134. The van der Waals surface area contributed by atoms with Gasteiger partial charge in [-0.2, -0.15) is 4.99 Å². The average Bonchev–Trinajstić information content (AvgIpc) is 3.04. The lowest BCUT2D eigenvalue weighted by Gasteiger charge is -2.41. The van der Waals surface area contributed by atoms with E-state index in [0.717, 1.165) is 12.8 Å². The number of nitro groups is 1. The van der Waals surface area contributed by atoms with Crippen LogP contribution in [0.3, 0.4) is 0 Å². The molecule has 1 aromatic carbocycles. The number of nitrogens with zero attached hydrogens (tertiary/aromatic N) is 4. The predicted octanol–water partition coefficient (Wildman–Crippen LogP) is 2.46. The molecule has 1 atom stereocenters. The molecule has 4 rings (SSSR count). The van der Waals surface area contributed by atoms with Crippen LogP contribution in [-0.4, -0.2) is 58.4 Å². The van der Waals surface area contributed by atoms with E-state index in [2.05, 4.69) is 4.99 Å². The number of carbonyl (C=O) groups is 1. The van der Waals surface area contributed by atoms with Crippen molar-refractivity contribution in [1.29, 1.82) is 0 Å². The van der Waals surface area contributed by atoms with Crippen molar-refractivity contribution in [3.63, 3.8) is 0 Å². The molecular formula is C18H22N4O4. The second kappa shape index (κ2) is 6.93. The van der Waals surface area contributed by atoms with E-state index in [-0.39, 0.29) is 24.2 Å². The van der Waals surface area contributed by atoms with Crippen LogP contribution < -0.4 is 0 Å². The zero-order chi connectivity index (χ0) is 18.1. The number of carbonyl (C=O) groups excluding carboxylic acids is 1. The molecule has 3 fully saturated rings. The van der Waals surface area contributed by atoms with Gasteiger partial charge in [-0.05, 0) is 25.0 Å². The maximum Gasteiger partial charge on any atom is 0.293 e. The highest BCUT2D eigenvalue weighted by atomic mass is 16.6. The third-order valence-corrected chi connectivity index (χ3v) is 5.43. The minimum Gasteiger partial charge on any atom is -0.463 e. The van der Waals surface area contributed by atoms with E-state index in [1.54, 1.807) is 12.1 Å². The summed E-state index contributed by atoms with van der Waals surface area (Å²) in [6.45, 7) is 1.48. The van der Waals surface area contributed by atoms with Crippen molar-refractivity contribution >= 4 is 23.3 Å². The largest absolute Gasteiger partial charge is 0.463 e. The molecular weight excluding hydrogens is 336 g/mol. The monoisotopic (exact) mass is 358 g/mol. The molecule has 138 valence electrons. The van der Waals surface area contributed by atoms with Gasteiger partial charge < -0.3 is 14.5 Å². The second-order valence-corrected chi connectivity index (χ2v) is 7.10. The van der Waals surface area contributed by atoms with Crippen LogP contribution in [-0.2, 0) is 9.53 Å². The van der Waals surface area contributed by atoms with Crippen molar-refractivity contribution in [2.45, 2.75) is 44.2 Å². The lowest BCUT2D eigenvalue weighted by atomic mass is 9.93. The van der Waals surface area contributed by atoms with Gasteiger partial charge in [-0.15, -0.1) is 0 Å². The zero-order valence-electron chi connectivity index (χ0n) is 14.5. The Morgan fingerprint density at radius 2 is 1.81 bits per heavy atom. The third kappa shape index (κ3) is 3.23. The van der Waals surface area contributed by atoms with Crippen molar-refractivity contribution in [1.82, 2.24) is 9.80 Å². The quantitative estimate of drug-likeness (QED) is 0.612. The number of amides is 1. The molecule has 3 aliphatic rings. The van der Waals surface area contributed by atoms with Gasteiger partial charge in [0.15, 0.2) is 0 Å². The Morgan fingerprint density at radius 1 is 1.08 bits per heavy atom. The first kappa shape index (κ1) is 16.8. The zero-order valence-corrected chi connectivity index (χ0v) is 14.5. The molecule has 1 unspecified atom stereocenters. The lowest BCUT2D eigenvalue weighted by molar-refractivity contribution is -0.384. The van der Waals surface area contributed by atoms with Crippen LogP contribution in [0.25, 0.3) is 0 Å². The molecule has 0 radical (unpaired) electrons. The number of hydrogen-bond donors (Lipinski definition) is 0. The first-order valence-corrected chi connectivity index (χ1v) is 9.14. The van der Waals surface area contributed by atoms with Crippen molar-refractivity contribution < 1.29 is 14.5 Å². The standard InChI is InChI=1S/C18H22N4O4/c23-17-11-21-16(10-20(17)14-4-2-1-3-5-14)12-26-18(21)19-13-6-8-15(9-7-13)22(24)25/h6-9,14,16H,1-5,10-12H2. The maximum absolute atomic E-state index is 12.7. The second-order valence-electron chi connectivity index (χ2n) is 7.10. The molecule has 0 spiro atoms. The Hall–Kier alpha value is -2.64. The fourth-order valence-corrected chi connectivity index (χ4v) is 4.01. The van der Waals surface area contributed by atoms with Gasteiger partial charge in [0.2, 0.25) is 5.91 Å². The Labute approximate surface area is 151 Å². The van der Waals surface area contributed by atoms with Crippen molar-refractivity contribution in [2.24, 2.45) is 4.99 Å². The van der Waals surface area contributed by atoms with Crippen LogP contribution in [0, 0.1) is 10.1 Å². The predicted molar refractivity (Wildman–Crippen MR) is 95.2 cm³/mol. The van der Waals surface area contributed by atoms with Crippen LogP contribution >= 0.6 is 0 Å². The van der Waals surface area contributed by atoms with E-state index in [4.69, 9.17) is 4.74 Å². The number of hydrogen-bond acceptors (Lipinski definition) is 5. The van der Waals surface area contributed by atoms with Crippen LogP contribution in [0.4, 0.5) is 11.4 Å². The van der Waals surface area contributed by atoms with Crippen molar-refractivity contribution in [2.75, 3.05) is 19.7 Å².